The standard InChI is InChI=1S/C15H23NO4S/c1-12-13(19-2)8-9-14(15(12)20-3)21(17,18)16-10-6-4-5-7-11-16/h8-9H,4-7,10-11H2,1-3H3. The van der Waals surface area contributed by atoms with Crippen LogP contribution in [0.25, 0.3) is 0 Å². The lowest BCUT2D eigenvalue weighted by molar-refractivity contribution is 0.375. The molecule has 118 valence electrons. The monoisotopic (exact) mass is 313 g/mol. The summed E-state index contributed by atoms with van der Waals surface area (Å²) in [5, 5.41) is 0. The number of hydrogen-bond donors (Lipinski definition) is 0. The summed E-state index contributed by atoms with van der Waals surface area (Å²) in [5.41, 5.74) is 0.705. The maximum atomic E-state index is 12.9. The smallest absolute Gasteiger partial charge is 0.246 e. The Morgan fingerprint density at radius 3 is 2.14 bits per heavy atom. The summed E-state index contributed by atoms with van der Waals surface area (Å²) >= 11 is 0. The van der Waals surface area contributed by atoms with Gasteiger partial charge in [0.2, 0.25) is 10.0 Å². The third-order valence-corrected chi connectivity index (χ3v) is 5.85. The lowest BCUT2D eigenvalue weighted by atomic mass is 10.2. The molecule has 1 saturated heterocycles. The van der Waals surface area contributed by atoms with E-state index in [1.165, 1.54) is 7.11 Å². The van der Waals surface area contributed by atoms with Crippen LogP contribution in [-0.4, -0.2) is 40.0 Å². The van der Waals surface area contributed by atoms with Crippen molar-refractivity contribution in [2.24, 2.45) is 0 Å². The molecule has 0 spiro atoms. The molecular formula is C15H23NO4S. The second-order valence-corrected chi connectivity index (χ2v) is 7.15. The molecular weight excluding hydrogens is 290 g/mol. The Balaban J connectivity index is 2.46. The lowest BCUT2D eigenvalue weighted by Gasteiger charge is -2.22. The van der Waals surface area contributed by atoms with Gasteiger partial charge in [-0.2, -0.15) is 4.31 Å². The van der Waals surface area contributed by atoms with Crippen LogP contribution in [0.15, 0.2) is 17.0 Å². The maximum absolute atomic E-state index is 12.9. The molecule has 0 amide bonds. The van der Waals surface area contributed by atoms with Crippen molar-refractivity contribution in [1.82, 2.24) is 4.31 Å². The molecule has 1 aromatic carbocycles. The third kappa shape index (κ3) is 3.16. The molecule has 2 rings (SSSR count). The highest BCUT2D eigenvalue weighted by atomic mass is 32.2. The lowest BCUT2D eigenvalue weighted by Crippen LogP contribution is -2.32. The molecule has 1 aliphatic heterocycles. The maximum Gasteiger partial charge on any atom is 0.246 e. The van der Waals surface area contributed by atoms with Gasteiger partial charge in [0.05, 0.1) is 14.2 Å². The van der Waals surface area contributed by atoms with Gasteiger partial charge < -0.3 is 9.47 Å². The van der Waals surface area contributed by atoms with Crippen molar-refractivity contribution >= 4 is 10.0 Å². The Labute approximate surface area is 126 Å². The summed E-state index contributed by atoms with van der Waals surface area (Å²) in [4.78, 5) is 0.227. The van der Waals surface area contributed by atoms with Crippen molar-refractivity contribution in [3.63, 3.8) is 0 Å². The zero-order valence-corrected chi connectivity index (χ0v) is 13.7. The fraction of sp³-hybridized carbons (Fsp3) is 0.600. The van der Waals surface area contributed by atoms with Crippen molar-refractivity contribution < 1.29 is 17.9 Å². The van der Waals surface area contributed by atoms with E-state index in [0.29, 0.717) is 30.2 Å². The molecule has 1 aromatic rings. The zero-order chi connectivity index (χ0) is 15.5. The fourth-order valence-electron chi connectivity index (χ4n) is 2.75. The van der Waals surface area contributed by atoms with Crippen LogP contribution in [0.3, 0.4) is 0 Å². The Hall–Kier alpha value is -1.27. The van der Waals surface area contributed by atoms with E-state index in [2.05, 4.69) is 0 Å². The number of benzene rings is 1. The summed E-state index contributed by atoms with van der Waals surface area (Å²) in [5.74, 6) is 1.00. The second-order valence-electron chi connectivity index (χ2n) is 5.24. The SMILES string of the molecule is COc1ccc(S(=O)(=O)N2CCCCCC2)c(OC)c1C. The van der Waals surface area contributed by atoms with Gasteiger partial charge in [-0.3, -0.25) is 0 Å². The number of hydrogen-bond acceptors (Lipinski definition) is 4. The molecule has 0 saturated carbocycles. The number of sulfonamides is 1. The first-order valence-electron chi connectivity index (χ1n) is 7.24. The van der Waals surface area contributed by atoms with E-state index in [4.69, 9.17) is 9.47 Å². The van der Waals surface area contributed by atoms with Crippen molar-refractivity contribution in [2.45, 2.75) is 37.5 Å². The summed E-state index contributed by atoms with van der Waals surface area (Å²) in [6.45, 7) is 2.96. The molecule has 0 radical (unpaired) electrons. The largest absolute Gasteiger partial charge is 0.496 e. The van der Waals surface area contributed by atoms with Crippen LogP contribution in [-0.2, 0) is 10.0 Å². The summed E-state index contributed by atoms with van der Waals surface area (Å²) in [7, 11) is -0.473. The first-order valence-corrected chi connectivity index (χ1v) is 8.68. The normalized spacial score (nSPS) is 17.3. The number of methoxy groups -OCH3 is 2. The Morgan fingerprint density at radius 2 is 1.62 bits per heavy atom. The first-order chi connectivity index (χ1) is 10.0. The minimum Gasteiger partial charge on any atom is -0.496 e. The van der Waals surface area contributed by atoms with Gasteiger partial charge in [0, 0.05) is 18.7 Å². The minimum atomic E-state index is -3.52. The van der Waals surface area contributed by atoms with Crippen molar-refractivity contribution in [3.8, 4) is 11.5 Å². The first kappa shape index (κ1) is 16.1. The molecule has 0 unspecified atom stereocenters. The zero-order valence-electron chi connectivity index (χ0n) is 12.9. The molecule has 0 bridgehead atoms. The molecule has 0 aromatic heterocycles. The highest BCUT2D eigenvalue weighted by Gasteiger charge is 2.29. The van der Waals surface area contributed by atoms with Gasteiger partial charge in [-0.25, -0.2) is 8.42 Å². The Morgan fingerprint density at radius 1 is 1.00 bits per heavy atom. The number of rotatable bonds is 4. The molecule has 0 aliphatic carbocycles. The summed E-state index contributed by atoms with van der Waals surface area (Å²) in [6, 6.07) is 3.26. The Bertz CT molecular complexity index is 590. The molecule has 1 fully saturated rings. The van der Waals surface area contributed by atoms with E-state index in [1.54, 1.807) is 30.5 Å². The van der Waals surface area contributed by atoms with E-state index in [-0.39, 0.29) is 4.90 Å². The number of ether oxygens (including phenoxy) is 2. The highest BCUT2D eigenvalue weighted by molar-refractivity contribution is 7.89. The van der Waals surface area contributed by atoms with Crippen LogP contribution in [0.4, 0.5) is 0 Å². The molecule has 6 heteroatoms. The molecule has 1 heterocycles. The highest BCUT2D eigenvalue weighted by Crippen LogP contribution is 2.36. The van der Waals surface area contributed by atoms with E-state index < -0.39 is 10.0 Å². The van der Waals surface area contributed by atoms with Gasteiger partial charge in [0.25, 0.3) is 0 Å². The van der Waals surface area contributed by atoms with Crippen LogP contribution in [0, 0.1) is 6.92 Å². The summed E-state index contributed by atoms with van der Waals surface area (Å²) in [6.07, 6.45) is 4.00. The predicted molar refractivity (Wildman–Crippen MR) is 81.5 cm³/mol. The van der Waals surface area contributed by atoms with Crippen molar-refractivity contribution in [3.05, 3.63) is 17.7 Å². The molecule has 1 aliphatic rings. The van der Waals surface area contributed by atoms with Crippen LogP contribution in [0.2, 0.25) is 0 Å². The van der Waals surface area contributed by atoms with E-state index >= 15 is 0 Å². The van der Waals surface area contributed by atoms with Gasteiger partial charge >= 0.3 is 0 Å². The van der Waals surface area contributed by atoms with E-state index in [9.17, 15) is 8.42 Å². The van der Waals surface area contributed by atoms with Gasteiger partial charge in [0.1, 0.15) is 16.4 Å². The minimum absolute atomic E-state index is 0.227. The van der Waals surface area contributed by atoms with Gasteiger partial charge in [-0.15, -0.1) is 0 Å². The van der Waals surface area contributed by atoms with Crippen molar-refractivity contribution in [2.75, 3.05) is 27.3 Å². The van der Waals surface area contributed by atoms with Crippen molar-refractivity contribution in [1.29, 1.82) is 0 Å². The van der Waals surface area contributed by atoms with E-state index in [0.717, 1.165) is 25.7 Å². The second kappa shape index (κ2) is 6.66. The summed E-state index contributed by atoms with van der Waals surface area (Å²) < 4.78 is 37.9. The molecule has 21 heavy (non-hydrogen) atoms. The Kier molecular flexibility index (Phi) is 5.11. The molecule has 5 nitrogen and oxygen atoms in total. The van der Waals surface area contributed by atoms with Gasteiger partial charge in [-0.05, 0) is 31.9 Å². The topological polar surface area (TPSA) is 55.8 Å². The van der Waals surface area contributed by atoms with Crippen LogP contribution in [0.1, 0.15) is 31.2 Å². The van der Waals surface area contributed by atoms with E-state index in [1.807, 2.05) is 0 Å². The third-order valence-electron chi connectivity index (χ3n) is 3.93. The molecule has 0 atom stereocenters. The van der Waals surface area contributed by atoms with Gasteiger partial charge in [-0.1, -0.05) is 12.8 Å². The fourth-order valence-corrected chi connectivity index (χ4v) is 4.48. The van der Waals surface area contributed by atoms with Crippen LogP contribution < -0.4 is 9.47 Å². The number of nitrogens with zero attached hydrogens (tertiary/aromatic N) is 1. The average Bonchev–Trinajstić information content (AvgIpc) is 2.76. The molecule has 0 N–H and O–H groups in total. The van der Waals surface area contributed by atoms with Crippen LogP contribution >= 0.6 is 0 Å². The quantitative estimate of drug-likeness (QED) is 0.857. The predicted octanol–water partition coefficient (Wildman–Crippen LogP) is 2.58. The van der Waals surface area contributed by atoms with Gasteiger partial charge in [0.15, 0.2) is 0 Å². The van der Waals surface area contributed by atoms with Crippen LogP contribution in [0.5, 0.6) is 11.5 Å². The average molecular weight is 313 g/mol.